The van der Waals surface area contributed by atoms with Gasteiger partial charge in [-0.3, -0.25) is 4.79 Å². The van der Waals surface area contributed by atoms with E-state index in [1.165, 1.54) is 0 Å². The number of amides is 1. The maximum absolute atomic E-state index is 11.1. The summed E-state index contributed by atoms with van der Waals surface area (Å²) in [6.07, 6.45) is 0. The van der Waals surface area contributed by atoms with Crippen LogP contribution in [0.2, 0.25) is 0 Å². The molecule has 3 heteroatoms. The van der Waals surface area contributed by atoms with Crippen molar-refractivity contribution < 1.29 is 4.79 Å². The Hall–Kier alpha value is -1.61. The molecule has 1 rings (SSSR count). The third-order valence-corrected chi connectivity index (χ3v) is 1.42. The van der Waals surface area contributed by atoms with Gasteiger partial charge in [-0.2, -0.15) is 0 Å². The molecular formula is C12H18N2O. The van der Waals surface area contributed by atoms with Gasteiger partial charge in [-0.25, -0.2) is 0 Å². The highest BCUT2D eigenvalue weighted by atomic mass is 16.1. The Bertz CT molecular complexity index is 307. The SMILES string of the molecule is C=C(C)C(=O)Nc1ccccc1.CNC. The monoisotopic (exact) mass is 206 g/mol. The molecule has 0 aliphatic carbocycles. The number of carbonyl (C=O) groups is 1. The van der Waals surface area contributed by atoms with Gasteiger partial charge in [0.1, 0.15) is 0 Å². The summed E-state index contributed by atoms with van der Waals surface area (Å²) in [5.41, 5.74) is 1.31. The molecule has 1 amide bonds. The average Bonchev–Trinajstić information content (AvgIpc) is 2.20. The number of benzene rings is 1. The molecular weight excluding hydrogens is 188 g/mol. The van der Waals surface area contributed by atoms with Gasteiger partial charge in [-0.05, 0) is 33.2 Å². The fourth-order valence-electron chi connectivity index (χ4n) is 0.759. The van der Waals surface area contributed by atoms with Gasteiger partial charge < -0.3 is 10.6 Å². The molecule has 0 bridgehead atoms. The predicted octanol–water partition coefficient (Wildman–Crippen LogP) is 2.04. The Morgan fingerprint density at radius 1 is 1.20 bits per heavy atom. The highest BCUT2D eigenvalue weighted by Gasteiger charge is 2.00. The topological polar surface area (TPSA) is 41.1 Å². The Morgan fingerprint density at radius 3 is 2.07 bits per heavy atom. The summed E-state index contributed by atoms with van der Waals surface area (Å²) in [5.74, 6) is -0.138. The summed E-state index contributed by atoms with van der Waals surface area (Å²) < 4.78 is 0. The van der Waals surface area contributed by atoms with Crippen molar-refractivity contribution in [2.75, 3.05) is 19.4 Å². The molecule has 0 atom stereocenters. The van der Waals surface area contributed by atoms with E-state index in [0.29, 0.717) is 5.57 Å². The highest BCUT2D eigenvalue weighted by molar-refractivity contribution is 6.02. The average molecular weight is 206 g/mol. The lowest BCUT2D eigenvalue weighted by atomic mass is 10.3. The van der Waals surface area contributed by atoms with Crippen LogP contribution in [0, 0.1) is 0 Å². The van der Waals surface area contributed by atoms with Crippen molar-refractivity contribution in [2.45, 2.75) is 6.92 Å². The first-order valence-electron chi connectivity index (χ1n) is 4.72. The van der Waals surface area contributed by atoms with Crippen molar-refractivity contribution in [3.63, 3.8) is 0 Å². The van der Waals surface area contributed by atoms with Crippen LogP contribution in [0.1, 0.15) is 6.92 Å². The first-order chi connectivity index (χ1) is 7.11. The van der Waals surface area contributed by atoms with E-state index >= 15 is 0 Å². The lowest BCUT2D eigenvalue weighted by molar-refractivity contribution is -0.112. The van der Waals surface area contributed by atoms with E-state index in [1.807, 2.05) is 44.4 Å². The second-order valence-electron chi connectivity index (χ2n) is 3.10. The number of carbonyl (C=O) groups excluding carboxylic acids is 1. The van der Waals surface area contributed by atoms with Crippen LogP contribution in [0.15, 0.2) is 42.5 Å². The van der Waals surface area contributed by atoms with Gasteiger partial charge in [0, 0.05) is 11.3 Å². The number of rotatable bonds is 2. The number of hydrogen-bond acceptors (Lipinski definition) is 2. The largest absolute Gasteiger partial charge is 0.323 e. The fourth-order valence-corrected chi connectivity index (χ4v) is 0.759. The zero-order valence-electron chi connectivity index (χ0n) is 9.50. The van der Waals surface area contributed by atoms with E-state index in [-0.39, 0.29) is 5.91 Å². The van der Waals surface area contributed by atoms with Crippen LogP contribution in [0.5, 0.6) is 0 Å². The van der Waals surface area contributed by atoms with E-state index in [1.54, 1.807) is 6.92 Å². The van der Waals surface area contributed by atoms with E-state index in [0.717, 1.165) is 5.69 Å². The Morgan fingerprint density at radius 2 is 1.67 bits per heavy atom. The Kier molecular flexibility index (Phi) is 6.93. The molecule has 0 spiro atoms. The lowest BCUT2D eigenvalue weighted by Crippen LogP contribution is -2.11. The van der Waals surface area contributed by atoms with Crippen LogP contribution in [-0.4, -0.2) is 20.0 Å². The molecule has 0 fully saturated rings. The van der Waals surface area contributed by atoms with Crippen LogP contribution in [0.4, 0.5) is 5.69 Å². The van der Waals surface area contributed by atoms with E-state index < -0.39 is 0 Å². The molecule has 1 aromatic rings. The maximum atomic E-state index is 11.1. The molecule has 3 nitrogen and oxygen atoms in total. The van der Waals surface area contributed by atoms with Crippen LogP contribution in [0.25, 0.3) is 0 Å². The number of nitrogens with one attached hydrogen (secondary N) is 2. The van der Waals surface area contributed by atoms with Crippen LogP contribution >= 0.6 is 0 Å². The summed E-state index contributed by atoms with van der Waals surface area (Å²) in [6, 6.07) is 9.31. The van der Waals surface area contributed by atoms with E-state index in [2.05, 4.69) is 17.2 Å². The molecule has 0 aromatic heterocycles. The zero-order valence-corrected chi connectivity index (χ0v) is 9.50. The van der Waals surface area contributed by atoms with Gasteiger partial charge in [-0.1, -0.05) is 24.8 Å². The molecule has 0 aliphatic heterocycles. The first-order valence-corrected chi connectivity index (χ1v) is 4.72. The third kappa shape index (κ3) is 6.46. The minimum atomic E-state index is -0.138. The van der Waals surface area contributed by atoms with Crippen molar-refractivity contribution in [2.24, 2.45) is 0 Å². The number of anilines is 1. The predicted molar refractivity (Wildman–Crippen MR) is 64.9 cm³/mol. The second-order valence-corrected chi connectivity index (χ2v) is 3.10. The Labute approximate surface area is 91.2 Å². The lowest BCUT2D eigenvalue weighted by Gasteiger charge is -2.02. The smallest absolute Gasteiger partial charge is 0.250 e. The molecule has 0 unspecified atom stereocenters. The van der Waals surface area contributed by atoms with Crippen molar-refractivity contribution >= 4 is 11.6 Å². The molecule has 15 heavy (non-hydrogen) atoms. The summed E-state index contributed by atoms with van der Waals surface area (Å²) in [4.78, 5) is 11.1. The first kappa shape index (κ1) is 13.4. The Balaban J connectivity index is 0.000000583. The summed E-state index contributed by atoms with van der Waals surface area (Å²) in [6.45, 7) is 5.22. The standard InChI is InChI=1S/C10H11NO.C2H7N/c1-8(2)10(12)11-9-6-4-3-5-7-9;1-3-2/h3-7H,1H2,2H3,(H,11,12);3H,1-2H3. The molecule has 82 valence electrons. The van der Waals surface area contributed by atoms with Crippen molar-refractivity contribution in [3.8, 4) is 0 Å². The van der Waals surface area contributed by atoms with Gasteiger partial charge in [0.25, 0.3) is 5.91 Å². The molecule has 0 saturated carbocycles. The van der Waals surface area contributed by atoms with E-state index in [9.17, 15) is 4.79 Å². The van der Waals surface area contributed by atoms with Gasteiger partial charge in [0.2, 0.25) is 0 Å². The maximum Gasteiger partial charge on any atom is 0.250 e. The zero-order chi connectivity index (χ0) is 11.7. The van der Waals surface area contributed by atoms with Crippen molar-refractivity contribution in [3.05, 3.63) is 42.5 Å². The molecule has 0 saturated heterocycles. The molecule has 0 radical (unpaired) electrons. The third-order valence-electron chi connectivity index (χ3n) is 1.42. The fraction of sp³-hybridized carbons (Fsp3) is 0.250. The van der Waals surface area contributed by atoms with Gasteiger partial charge in [0.15, 0.2) is 0 Å². The van der Waals surface area contributed by atoms with Gasteiger partial charge in [0.05, 0.1) is 0 Å². The second kappa shape index (κ2) is 7.76. The van der Waals surface area contributed by atoms with Crippen LogP contribution in [0.3, 0.4) is 0 Å². The summed E-state index contributed by atoms with van der Waals surface area (Å²) in [7, 11) is 3.75. The molecule has 1 aromatic carbocycles. The minimum absolute atomic E-state index is 0.138. The van der Waals surface area contributed by atoms with Gasteiger partial charge in [-0.15, -0.1) is 0 Å². The molecule has 0 aliphatic rings. The molecule has 0 heterocycles. The normalized spacial score (nSPS) is 8.47. The van der Waals surface area contributed by atoms with Gasteiger partial charge >= 0.3 is 0 Å². The molecule has 2 N–H and O–H groups in total. The number of hydrogen-bond donors (Lipinski definition) is 2. The van der Waals surface area contributed by atoms with Crippen molar-refractivity contribution in [1.82, 2.24) is 5.32 Å². The summed E-state index contributed by atoms with van der Waals surface area (Å²) in [5, 5.41) is 5.45. The van der Waals surface area contributed by atoms with E-state index in [4.69, 9.17) is 0 Å². The van der Waals surface area contributed by atoms with Crippen LogP contribution < -0.4 is 10.6 Å². The number of para-hydroxylation sites is 1. The minimum Gasteiger partial charge on any atom is -0.323 e. The van der Waals surface area contributed by atoms with Crippen molar-refractivity contribution in [1.29, 1.82) is 0 Å². The highest BCUT2D eigenvalue weighted by Crippen LogP contribution is 2.05. The summed E-state index contributed by atoms with van der Waals surface area (Å²) >= 11 is 0. The quantitative estimate of drug-likeness (QED) is 0.727. The van der Waals surface area contributed by atoms with Crippen LogP contribution in [-0.2, 0) is 4.79 Å².